The summed E-state index contributed by atoms with van der Waals surface area (Å²) in [4.78, 5) is 22.1. The fourth-order valence-corrected chi connectivity index (χ4v) is 3.36. The number of aromatic nitrogens is 2. The van der Waals surface area contributed by atoms with Crippen molar-refractivity contribution in [2.45, 2.75) is 6.54 Å². The molecule has 0 saturated carbocycles. The maximum Gasteiger partial charge on any atom is 0.262 e. The van der Waals surface area contributed by atoms with Crippen LogP contribution in [0.2, 0.25) is 0 Å². The SMILES string of the molecule is N#C/C(=C\c1c[nH]c2ncccc12)C(=O)NCc1cccc(N2CCOCC2)c1. The van der Waals surface area contributed by atoms with Crippen molar-refractivity contribution < 1.29 is 9.53 Å². The number of fused-ring (bicyclic) bond motifs is 1. The van der Waals surface area contributed by atoms with E-state index in [1.165, 1.54) is 0 Å². The molecule has 0 bridgehead atoms. The molecule has 7 nitrogen and oxygen atoms in total. The van der Waals surface area contributed by atoms with Gasteiger partial charge in [0, 0.05) is 48.7 Å². The van der Waals surface area contributed by atoms with Crippen LogP contribution >= 0.6 is 0 Å². The van der Waals surface area contributed by atoms with Crippen LogP contribution in [0.4, 0.5) is 5.69 Å². The number of anilines is 1. The quantitative estimate of drug-likeness (QED) is 0.518. The topological polar surface area (TPSA) is 94.0 Å². The summed E-state index contributed by atoms with van der Waals surface area (Å²) >= 11 is 0. The first-order valence-corrected chi connectivity index (χ1v) is 9.48. The molecule has 4 rings (SSSR count). The van der Waals surface area contributed by atoms with Gasteiger partial charge in [-0.05, 0) is 35.9 Å². The van der Waals surface area contributed by atoms with Crippen LogP contribution in [0.5, 0.6) is 0 Å². The number of benzene rings is 1. The van der Waals surface area contributed by atoms with Crippen LogP contribution in [0, 0.1) is 11.3 Å². The number of hydrogen-bond donors (Lipinski definition) is 2. The van der Waals surface area contributed by atoms with Gasteiger partial charge in [0.25, 0.3) is 5.91 Å². The van der Waals surface area contributed by atoms with E-state index in [1.54, 1.807) is 18.5 Å². The third kappa shape index (κ3) is 4.28. The number of carbonyl (C=O) groups excluding carboxylic acids is 1. The minimum Gasteiger partial charge on any atom is -0.378 e. The van der Waals surface area contributed by atoms with Gasteiger partial charge in [-0.25, -0.2) is 4.98 Å². The summed E-state index contributed by atoms with van der Waals surface area (Å²) in [7, 11) is 0. The summed E-state index contributed by atoms with van der Waals surface area (Å²) in [5.74, 6) is -0.400. The van der Waals surface area contributed by atoms with Gasteiger partial charge in [0.05, 0.1) is 13.2 Å². The van der Waals surface area contributed by atoms with Gasteiger partial charge in [-0.1, -0.05) is 12.1 Å². The summed E-state index contributed by atoms with van der Waals surface area (Å²) < 4.78 is 5.40. The predicted molar refractivity (Wildman–Crippen MR) is 111 cm³/mol. The minimum atomic E-state index is -0.400. The molecule has 7 heteroatoms. The normalized spacial score (nSPS) is 14.6. The van der Waals surface area contributed by atoms with Crippen LogP contribution < -0.4 is 10.2 Å². The van der Waals surface area contributed by atoms with Gasteiger partial charge >= 0.3 is 0 Å². The number of rotatable bonds is 5. The van der Waals surface area contributed by atoms with Crippen molar-refractivity contribution in [1.82, 2.24) is 15.3 Å². The molecule has 0 atom stereocenters. The average molecular weight is 387 g/mol. The van der Waals surface area contributed by atoms with E-state index in [0.717, 1.165) is 54.2 Å². The number of hydrogen-bond acceptors (Lipinski definition) is 5. The number of morpholine rings is 1. The highest BCUT2D eigenvalue weighted by Crippen LogP contribution is 2.19. The number of ether oxygens (including phenoxy) is 1. The Hall–Kier alpha value is -3.63. The van der Waals surface area contributed by atoms with E-state index in [1.807, 2.05) is 30.3 Å². The van der Waals surface area contributed by atoms with Crippen LogP contribution in [-0.4, -0.2) is 42.2 Å². The van der Waals surface area contributed by atoms with Crippen molar-refractivity contribution in [2.24, 2.45) is 0 Å². The molecule has 2 N–H and O–H groups in total. The Bertz CT molecular complexity index is 1090. The second kappa shape index (κ2) is 8.59. The van der Waals surface area contributed by atoms with E-state index in [2.05, 4.69) is 32.3 Å². The third-order valence-corrected chi connectivity index (χ3v) is 4.89. The van der Waals surface area contributed by atoms with Gasteiger partial charge in [-0.2, -0.15) is 5.26 Å². The number of carbonyl (C=O) groups is 1. The standard InChI is InChI=1S/C22H21N5O2/c23-13-17(12-18-15-25-21-20(18)5-2-6-24-21)22(28)26-14-16-3-1-4-19(11-16)27-7-9-29-10-8-27/h1-6,11-12,15H,7-10,14H2,(H,24,25)(H,26,28)/b17-12+. The number of H-pyrrole nitrogens is 1. The average Bonchev–Trinajstić information content (AvgIpc) is 3.19. The summed E-state index contributed by atoms with van der Waals surface area (Å²) in [5, 5.41) is 13.2. The molecular weight excluding hydrogens is 366 g/mol. The Morgan fingerprint density at radius 3 is 3.00 bits per heavy atom. The lowest BCUT2D eigenvalue weighted by Crippen LogP contribution is -2.36. The molecule has 3 heterocycles. The number of aromatic amines is 1. The smallest absolute Gasteiger partial charge is 0.262 e. The summed E-state index contributed by atoms with van der Waals surface area (Å²) in [6.07, 6.45) is 5.02. The zero-order valence-electron chi connectivity index (χ0n) is 15.9. The van der Waals surface area contributed by atoms with Gasteiger partial charge in [0.1, 0.15) is 17.3 Å². The van der Waals surface area contributed by atoms with Gasteiger partial charge in [-0.3, -0.25) is 4.79 Å². The number of nitriles is 1. The third-order valence-electron chi connectivity index (χ3n) is 4.89. The monoisotopic (exact) mass is 387 g/mol. The summed E-state index contributed by atoms with van der Waals surface area (Å²) in [6.45, 7) is 3.51. The number of amides is 1. The zero-order valence-corrected chi connectivity index (χ0v) is 15.9. The van der Waals surface area contributed by atoms with Crippen molar-refractivity contribution in [3.63, 3.8) is 0 Å². The van der Waals surface area contributed by atoms with E-state index in [9.17, 15) is 10.1 Å². The molecule has 1 aliphatic rings. The van der Waals surface area contributed by atoms with E-state index >= 15 is 0 Å². The van der Waals surface area contributed by atoms with Crippen molar-refractivity contribution in [3.8, 4) is 6.07 Å². The Labute approximate surface area is 168 Å². The molecule has 1 aromatic carbocycles. The molecule has 0 radical (unpaired) electrons. The Morgan fingerprint density at radius 1 is 1.31 bits per heavy atom. The van der Waals surface area contributed by atoms with Crippen LogP contribution in [-0.2, 0) is 16.1 Å². The molecular formula is C22H21N5O2. The highest BCUT2D eigenvalue weighted by atomic mass is 16.5. The molecule has 1 amide bonds. The zero-order chi connectivity index (χ0) is 20.1. The maximum atomic E-state index is 12.5. The van der Waals surface area contributed by atoms with Crippen LogP contribution in [0.25, 0.3) is 17.1 Å². The van der Waals surface area contributed by atoms with Gasteiger partial charge in [0.15, 0.2) is 0 Å². The largest absolute Gasteiger partial charge is 0.378 e. The first kappa shape index (κ1) is 18.7. The first-order valence-electron chi connectivity index (χ1n) is 9.48. The van der Waals surface area contributed by atoms with Crippen molar-refractivity contribution in [3.05, 3.63) is 65.5 Å². The van der Waals surface area contributed by atoms with E-state index < -0.39 is 5.91 Å². The predicted octanol–water partition coefficient (Wildman–Crippen LogP) is 2.62. The van der Waals surface area contributed by atoms with E-state index in [4.69, 9.17) is 4.74 Å². The molecule has 0 aliphatic carbocycles. The van der Waals surface area contributed by atoms with Gasteiger partial charge < -0.3 is 19.9 Å². The highest BCUT2D eigenvalue weighted by Gasteiger charge is 2.13. The number of nitrogens with zero attached hydrogens (tertiary/aromatic N) is 3. The lowest BCUT2D eigenvalue weighted by Gasteiger charge is -2.29. The Morgan fingerprint density at radius 2 is 2.17 bits per heavy atom. The van der Waals surface area contributed by atoms with E-state index in [-0.39, 0.29) is 5.57 Å². The highest BCUT2D eigenvalue weighted by molar-refractivity contribution is 6.03. The Kier molecular flexibility index (Phi) is 5.54. The molecule has 3 aromatic rings. The fourth-order valence-electron chi connectivity index (χ4n) is 3.36. The second-order valence-electron chi connectivity index (χ2n) is 6.77. The van der Waals surface area contributed by atoms with Crippen LogP contribution in [0.1, 0.15) is 11.1 Å². The van der Waals surface area contributed by atoms with Crippen molar-refractivity contribution in [2.75, 3.05) is 31.2 Å². The summed E-state index contributed by atoms with van der Waals surface area (Å²) in [6, 6.07) is 13.8. The molecule has 1 fully saturated rings. The molecule has 1 aliphatic heterocycles. The first-order chi connectivity index (χ1) is 14.2. The molecule has 2 aromatic heterocycles. The van der Waals surface area contributed by atoms with Crippen LogP contribution in [0.3, 0.4) is 0 Å². The molecule has 0 spiro atoms. The summed E-state index contributed by atoms with van der Waals surface area (Å²) in [5.41, 5.74) is 3.63. The maximum absolute atomic E-state index is 12.5. The lowest BCUT2D eigenvalue weighted by atomic mass is 10.1. The molecule has 0 unspecified atom stereocenters. The molecule has 1 saturated heterocycles. The van der Waals surface area contributed by atoms with Crippen molar-refractivity contribution in [1.29, 1.82) is 5.26 Å². The van der Waals surface area contributed by atoms with E-state index in [0.29, 0.717) is 6.54 Å². The van der Waals surface area contributed by atoms with Crippen LogP contribution in [0.15, 0.2) is 54.4 Å². The molecule has 146 valence electrons. The molecule has 29 heavy (non-hydrogen) atoms. The fraction of sp³-hybridized carbons (Fsp3) is 0.227. The second-order valence-corrected chi connectivity index (χ2v) is 6.77. The van der Waals surface area contributed by atoms with Crippen molar-refractivity contribution >= 4 is 28.7 Å². The van der Waals surface area contributed by atoms with Gasteiger partial charge in [-0.15, -0.1) is 0 Å². The number of nitrogens with one attached hydrogen (secondary N) is 2. The number of pyridine rings is 1. The lowest BCUT2D eigenvalue weighted by molar-refractivity contribution is -0.117. The van der Waals surface area contributed by atoms with Gasteiger partial charge in [0.2, 0.25) is 0 Å². The minimum absolute atomic E-state index is 0.0547. The Balaban J connectivity index is 1.45.